The Bertz CT molecular complexity index is 237. The van der Waals surface area contributed by atoms with Crippen molar-refractivity contribution in [1.82, 2.24) is 4.90 Å². The first kappa shape index (κ1) is 15.5. The third-order valence-corrected chi connectivity index (χ3v) is 4.19. The van der Waals surface area contributed by atoms with Crippen molar-refractivity contribution in [1.29, 1.82) is 0 Å². The topological polar surface area (TPSA) is 46.3 Å². The van der Waals surface area contributed by atoms with Crippen molar-refractivity contribution in [2.24, 2.45) is 17.6 Å². The summed E-state index contributed by atoms with van der Waals surface area (Å²) in [5.41, 5.74) is 5.52. The molecule has 0 saturated heterocycles. The molecule has 106 valence electrons. The maximum absolute atomic E-state index is 12.0. The standard InChI is InChI=1S/C15H30N2O/c1-13(10-11-16)8-9-15(18)17(2)12-14-6-4-3-5-7-14/h13-14H,3-12,16H2,1-2H3. The lowest BCUT2D eigenvalue weighted by Gasteiger charge is -2.27. The van der Waals surface area contributed by atoms with Crippen LogP contribution in [0.4, 0.5) is 0 Å². The van der Waals surface area contributed by atoms with E-state index >= 15 is 0 Å². The molecule has 2 N–H and O–H groups in total. The minimum absolute atomic E-state index is 0.310. The van der Waals surface area contributed by atoms with Crippen molar-refractivity contribution in [3.05, 3.63) is 0 Å². The van der Waals surface area contributed by atoms with Crippen LogP contribution in [0.2, 0.25) is 0 Å². The molecule has 0 bridgehead atoms. The van der Waals surface area contributed by atoms with Crippen LogP contribution in [0.3, 0.4) is 0 Å². The minimum atomic E-state index is 0.310. The molecule has 0 heterocycles. The molecule has 3 nitrogen and oxygen atoms in total. The summed E-state index contributed by atoms with van der Waals surface area (Å²) in [6, 6.07) is 0. The van der Waals surface area contributed by atoms with Crippen LogP contribution in [0.1, 0.15) is 58.3 Å². The summed E-state index contributed by atoms with van der Waals surface area (Å²) in [7, 11) is 1.96. The van der Waals surface area contributed by atoms with Crippen LogP contribution < -0.4 is 5.73 Å². The Hall–Kier alpha value is -0.570. The van der Waals surface area contributed by atoms with Crippen molar-refractivity contribution < 1.29 is 4.79 Å². The zero-order valence-corrected chi connectivity index (χ0v) is 12.2. The second kappa shape index (κ2) is 8.52. The maximum atomic E-state index is 12.0. The van der Waals surface area contributed by atoms with E-state index in [-0.39, 0.29) is 0 Å². The summed E-state index contributed by atoms with van der Waals surface area (Å²) in [6.07, 6.45) is 9.38. The van der Waals surface area contributed by atoms with Crippen molar-refractivity contribution in [2.45, 2.75) is 58.3 Å². The fourth-order valence-electron chi connectivity index (χ4n) is 2.85. The van der Waals surface area contributed by atoms with E-state index in [1.165, 1.54) is 32.1 Å². The molecular formula is C15H30N2O. The number of nitrogens with two attached hydrogens (primary N) is 1. The molecule has 0 aliphatic heterocycles. The molecule has 1 amide bonds. The van der Waals surface area contributed by atoms with Crippen LogP contribution >= 0.6 is 0 Å². The fraction of sp³-hybridized carbons (Fsp3) is 0.933. The number of carbonyl (C=O) groups excluding carboxylic acids is 1. The van der Waals surface area contributed by atoms with Crippen LogP contribution in [-0.2, 0) is 4.79 Å². The molecule has 0 spiro atoms. The van der Waals surface area contributed by atoms with Crippen molar-refractivity contribution in [2.75, 3.05) is 20.1 Å². The fourth-order valence-corrected chi connectivity index (χ4v) is 2.85. The first-order valence-electron chi connectivity index (χ1n) is 7.57. The number of nitrogens with zero attached hydrogens (tertiary/aromatic N) is 1. The first-order chi connectivity index (χ1) is 8.63. The molecule has 1 aliphatic rings. The van der Waals surface area contributed by atoms with Crippen LogP contribution in [-0.4, -0.2) is 30.9 Å². The highest BCUT2D eigenvalue weighted by molar-refractivity contribution is 5.75. The SMILES string of the molecule is CC(CCN)CCC(=O)N(C)CC1CCCCC1. The Morgan fingerprint density at radius 3 is 2.56 bits per heavy atom. The summed E-state index contributed by atoms with van der Waals surface area (Å²) in [6.45, 7) is 3.87. The molecular weight excluding hydrogens is 224 g/mol. The molecule has 18 heavy (non-hydrogen) atoms. The van der Waals surface area contributed by atoms with Gasteiger partial charge in [-0.15, -0.1) is 0 Å². The average Bonchev–Trinajstić information content (AvgIpc) is 2.37. The Kier molecular flexibility index (Phi) is 7.33. The zero-order chi connectivity index (χ0) is 13.4. The normalized spacial score (nSPS) is 18.6. The van der Waals surface area contributed by atoms with Gasteiger partial charge in [0.25, 0.3) is 0 Å². The number of amides is 1. The molecule has 0 aromatic rings. The molecule has 1 saturated carbocycles. The highest BCUT2D eigenvalue weighted by Crippen LogP contribution is 2.24. The van der Waals surface area contributed by atoms with E-state index in [9.17, 15) is 4.79 Å². The highest BCUT2D eigenvalue weighted by atomic mass is 16.2. The predicted octanol–water partition coefficient (Wildman–Crippen LogP) is 2.79. The lowest BCUT2D eigenvalue weighted by atomic mass is 9.89. The Morgan fingerprint density at radius 1 is 1.28 bits per heavy atom. The summed E-state index contributed by atoms with van der Waals surface area (Å²) < 4.78 is 0. The molecule has 0 aromatic carbocycles. The second-order valence-electron chi connectivity index (χ2n) is 6.00. The van der Waals surface area contributed by atoms with Crippen LogP contribution in [0.15, 0.2) is 0 Å². The van der Waals surface area contributed by atoms with E-state index in [0.29, 0.717) is 18.2 Å². The van der Waals surface area contributed by atoms with Gasteiger partial charge in [-0.3, -0.25) is 4.79 Å². The molecule has 0 radical (unpaired) electrons. The summed E-state index contributed by atoms with van der Waals surface area (Å²) in [5.74, 6) is 1.63. The monoisotopic (exact) mass is 254 g/mol. The number of hydrogen-bond acceptors (Lipinski definition) is 2. The zero-order valence-electron chi connectivity index (χ0n) is 12.2. The summed E-state index contributed by atoms with van der Waals surface area (Å²) >= 11 is 0. The number of rotatable bonds is 7. The van der Waals surface area contributed by atoms with Gasteiger partial charge in [0.2, 0.25) is 5.91 Å². The van der Waals surface area contributed by atoms with Crippen LogP contribution in [0.5, 0.6) is 0 Å². The Labute approximate surface area is 112 Å². The van der Waals surface area contributed by atoms with Crippen molar-refractivity contribution in [3.63, 3.8) is 0 Å². The second-order valence-corrected chi connectivity index (χ2v) is 6.00. The van der Waals surface area contributed by atoms with Gasteiger partial charge in [-0.2, -0.15) is 0 Å². The molecule has 3 heteroatoms. The van der Waals surface area contributed by atoms with Crippen molar-refractivity contribution >= 4 is 5.91 Å². The maximum Gasteiger partial charge on any atom is 0.222 e. The number of carbonyl (C=O) groups is 1. The van der Waals surface area contributed by atoms with E-state index in [0.717, 1.165) is 31.8 Å². The summed E-state index contributed by atoms with van der Waals surface area (Å²) in [5, 5.41) is 0. The largest absolute Gasteiger partial charge is 0.345 e. The van der Waals surface area contributed by atoms with Gasteiger partial charge in [-0.1, -0.05) is 26.2 Å². The van der Waals surface area contributed by atoms with Crippen LogP contribution in [0.25, 0.3) is 0 Å². The predicted molar refractivity (Wildman–Crippen MR) is 76.3 cm³/mol. The smallest absolute Gasteiger partial charge is 0.222 e. The van der Waals surface area contributed by atoms with Gasteiger partial charge in [0.05, 0.1) is 0 Å². The summed E-state index contributed by atoms with van der Waals surface area (Å²) in [4.78, 5) is 14.0. The molecule has 1 aliphatic carbocycles. The van der Waals surface area contributed by atoms with Gasteiger partial charge in [0.1, 0.15) is 0 Å². The van der Waals surface area contributed by atoms with Gasteiger partial charge >= 0.3 is 0 Å². The first-order valence-corrected chi connectivity index (χ1v) is 7.57. The Morgan fingerprint density at radius 2 is 1.94 bits per heavy atom. The van der Waals surface area contributed by atoms with E-state index in [1.54, 1.807) is 0 Å². The quantitative estimate of drug-likeness (QED) is 0.759. The molecule has 0 aromatic heterocycles. The average molecular weight is 254 g/mol. The Balaban J connectivity index is 2.19. The van der Waals surface area contributed by atoms with Gasteiger partial charge in [-0.05, 0) is 44.1 Å². The van der Waals surface area contributed by atoms with Gasteiger partial charge in [0, 0.05) is 20.0 Å². The van der Waals surface area contributed by atoms with Crippen LogP contribution in [0, 0.1) is 11.8 Å². The molecule has 1 atom stereocenters. The van der Waals surface area contributed by atoms with Crippen molar-refractivity contribution in [3.8, 4) is 0 Å². The van der Waals surface area contributed by atoms with E-state index in [4.69, 9.17) is 5.73 Å². The van der Waals surface area contributed by atoms with Gasteiger partial charge in [-0.25, -0.2) is 0 Å². The lowest BCUT2D eigenvalue weighted by molar-refractivity contribution is -0.130. The molecule has 1 fully saturated rings. The number of hydrogen-bond donors (Lipinski definition) is 1. The highest BCUT2D eigenvalue weighted by Gasteiger charge is 2.18. The van der Waals surface area contributed by atoms with E-state index < -0.39 is 0 Å². The van der Waals surface area contributed by atoms with Gasteiger partial charge < -0.3 is 10.6 Å². The molecule has 1 rings (SSSR count). The third kappa shape index (κ3) is 5.85. The minimum Gasteiger partial charge on any atom is -0.345 e. The van der Waals surface area contributed by atoms with Gasteiger partial charge in [0.15, 0.2) is 0 Å². The third-order valence-electron chi connectivity index (χ3n) is 4.19. The lowest BCUT2D eigenvalue weighted by Crippen LogP contribution is -2.32. The van der Waals surface area contributed by atoms with E-state index in [2.05, 4.69) is 6.92 Å². The molecule has 1 unspecified atom stereocenters. The van der Waals surface area contributed by atoms with E-state index in [1.807, 2.05) is 11.9 Å².